The predicted octanol–water partition coefficient (Wildman–Crippen LogP) is 2.09. The van der Waals surface area contributed by atoms with Crippen LogP contribution in [0.4, 0.5) is 0 Å². The summed E-state index contributed by atoms with van der Waals surface area (Å²) in [6.45, 7) is 1.31. The van der Waals surface area contributed by atoms with E-state index in [4.69, 9.17) is 4.74 Å². The highest BCUT2D eigenvalue weighted by Crippen LogP contribution is 2.26. The van der Waals surface area contributed by atoms with Crippen molar-refractivity contribution in [1.82, 2.24) is 24.4 Å². The Hall–Kier alpha value is -2.06. The number of rotatable bonds is 4. The van der Waals surface area contributed by atoms with Crippen LogP contribution in [-0.2, 0) is 0 Å². The van der Waals surface area contributed by atoms with Crippen LogP contribution in [0.2, 0.25) is 0 Å². The van der Waals surface area contributed by atoms with Crippen LogP contribution >= 0.6 is 24.8 Å². The van der Waals surface area contributed by atoms with Crippen molar-refractivity contribution < 1.29 is 9.84 Å². The van der Waals surface area contributed by atoms with E-state index in [2.05, 4.69) is 15.3 Å². The van der Waals surface area contributed by atoms with Gasteiger partial charge in [-0.3, -0.25) is 4.57 Å². The van der Waals surface area contributed by atoms with Crippen molar-refractivity contribution in [3.05, 3.63) is 49.1 Å². The molecular weight excluding hydrogens is 377 g/mol. The monoisotopic (exact) mass is 397 g/mol. The molecule has 1 aliphatic heterocycles. The van der Waals surface area contributed by atoms with Gasteiger partial charge in [0.05, 0.1) is 19.3 Å². The summed E-state index contributed by atoms with van der Waals surface area (Å²) in [6, 6.07) is 7.74. The lowest BCUT2D eigenvalue weighted by Crippen LogP contribution is -2.22. The molecule has 0 spiro atoms. The van der Waals surface area contributed by atoms with Crippen LogP contribution in [-0.4, -0.2) is 50.5 Å². The topological polar surface area (TPSA) is 77.1 Å². The molecule has 9 heteroatoms. The number of β-amino-alcohol motifs (C(OH)–C–C–N with tert-alkyl or cyclic N) is 1. The number of nitrogens with one attached hydrogen (secondary N) is 1. The Kier molecular flexibility index (Phi) is 6.66. The largest absolute Gasteiger partial charge is 0.497 e. The summed E-state index contributed by atoms with van der Waals surface area (Å²) in [7, 11) is 1.65. The van der Waals surface area contributed by atoms with Crippen molar-refractivity contribution in [1.29, 1.82) is 0 Å². The number of aliphatic hydroxyl groups is 1. The lowest BCUT2D eigenvalue weighted by Gasteiger charge is -2.18. The Morgan fingerprint density at radius 2 is 1.73 bits per heavy atom. The highest BCUT2D eigenvalue weighted by Gasteiger charge is 2.29. The van der Waals surface area contributed by atoms with Gasteiger partial charge in [-0.15, -0.1) is 24.8 Å². The van der Waals surface area contributed by atoms with Gasteiger partial charge in [0, 0.05) is 43.6 Å². The van der Waals surface area contributed by atoms with Gasteiger partial charge in [0.25, 0.3) is 0 Å². The molecule has 3 aromatic rings. The molecular formula is C17H21Cl2N5O2. The zero-order chi connectivity index (χ0) is 16.5. The lowest BCUT2D eigenvalue weighted by atomic mass is 10.2. The van der Waals surface area contributed by atoms with Gasteiger partial charge in [0.1, 0.15) is 5.75 Å². The first-order valence-electron chi connectivity index (χ1n) is 7.87. The average Bonchev–Trinajstić information content (AvgIpc) is 3.34. The number of hydrogen-bond donors (Lipinski definition) is 2. The summed E-state index contributed by atoms with van der Waals surface area (Å²) >= 11 is 0. The van der Waals surface area contributed by atoms with Gasteiger partial charge in [-0.1, -0.05) is 0 Å². The molecule has 0 aliphatic carbocycles. The fourth-order valence-electron chi connectivity index (χ4n) is 3.11. The second kappa shape index (κ2) is 8.55. The van der Waals surface area contributed by atoms with E-state index in [1.807, 2.05) is 45.8 Å². The number of methoxy groups -OCH3 is 1. The van der Waals surface area contributed by atoms with Crippen molar-refractivity contribution in [2.45, 2.75) is 12.1 Å². The fourth-order valence-corrected chi connectivity index (χ4v) is 3.11. The maximum absolute atomic E-state index is 10.2. The molecule has 2 N–H and O–H groups in total. The van der Waals surface area contributed by atoms with Crippen molar-refractivity contribution in [2.75, 3.05) is 20.2 Å². The Bertz CT molecular complexity index is 834. The van der Waals surface area contributed by atoms with Crippen LogP contribution in [0.15, 0.2) is 49.1 Å². The SMILES string of the molecule is COc1ccc(-n2ccnc2-c2nccn2[C@@H]2CNC[C@@H]2O)cc1.Cl.Cl. The highest BCUT2D eigenvalue weighted by molar-refractivity contribution is 5.85. The summed E-state index contributed by atoms with van der Waals surface area (Å²) in [5.74, 6) is 2.29. The van der Waals surface area contributed by atoms with Crippen LogP contribution in [0, 0.1) is 0 Å². The number of imidazole rings is 2. The molecule has 1 aliphatic rings. The third kappa shape index (κ3) is 3.57. The number of aromatic nitrogens is 4. The lowest BCUT2D eigenvalue weighted by molar-refractivity contribution is 0.151. The minimum Gasteiger partial charge on any atom is -0.497 e. The average molecular weight is 398 g/mol. The molecule has 0 amide bonds. The first-order valence-corrected chi connectivity index (χ1v) is 7.87. The van der Waals surface area contributed by atoms with Crippen LogP contribution in [0.1, 0.15) is 6.04 Å². The molecule has 2 aromatic heterocycles. The summed E-state index contributed by atoms with van der Waals surface area (Å²) in [5.41, 5.74) is 0.975. The molecule has 0 unspecified atom stereocenters. The zero-order valence-electron chi connectivity index (χ0n) is 14.1. The third-order valence-corrected chi connectivity index (χ3v) is 4.37. The quantitative estimate of drug-likeness (QED) is 0.704. The van der Waals surface area contributed by atoms with Crippen molar-refractivity contribution in [3.8, 4) is 23.1 Å². The molecule has 1 aromatic carbocycles. The molecule has 0 saturated carbocycles. The predicted molar refractivity (Wildman–Crippen MR) is 104 cm³/mol. The minimum absolute atomic E-state index is 0. The molecule has 26 heavy (non-hydrogen) atoms. The maximum atomic E-state index is 10.2. The fraction of sp³-hybridized carbons (Fsp3) is 0.294. The highest BCUT2D eigenvalue weighted by atomic mass is 35.5. The van der Waals surface area contributed by atoms with Gasteiger partial charge in [-0.25, -0.2) is 9.97 Å². The molecule has 0 bridgehead atoms. The van der Waals surface area contributed by atoms with Gasteiger partial charge < -0.3 is 19.7 Å². The molecule has 140 valence electrons. The molecule has 2 atom stereocenters. The second-order valence-corrected chi connectivity index (χ2v) is 5.77. The second-order valence-electron chi connectivity index (χ2n) is 5.77. The third-order valence-electron chi connectivity index (χ3n) is 4.37. The Labute approximate surface area is 163 Å². The number of hydrogen-bond acceptors (Lipinski definition) is 5. The van der Waals surface area contributed by atoms with Crippen molar-refractivity contribution in [2.24, 2.45) is 0 Å². The van der Waals surface area contributed by atoms with E-state index in [9.17, 15) is 5.11 Å². The van der Waals surface area contributed by atoms with Crippen molar-refractivity contribution >= 4 is 24.8 Å². The van der Waals surface area contributed by atoms with Gasteiger partial charge in [-0.2, -0.15) is 0 Å². The summed E-state index contributed by atoms with van der Waals surface area (Å²) < 4.78 is 9.18. The molecule has 1 saturated heterocycles. The van der Waals surface area contributed by atoms with E-state index in [1.54, 1.807) is 19.5 Å². The molecule has 0 radical (unpaired) electrons. The van der Waals surface area contributed by atoms with E-state index in [-0.39, 0.29) is 30.9 Å². The molecule has 4 rings (SSSR count). The normalized spacial score (nSPS) is 18.8. The van der Waals surface area contributed by atoms with Crippen LogP contribution in [0.25, 0.3) is 17.3 Å². The smallest absolute Gasteiger partial charge is 0.181 e. The molecule has 1 fully saturated rings. The zero-order valence-corrected chi connectivity index (χ0v) is 15.8. The molecule has 7 nitrogen and oxygen atoms in total. The Morgan fingerprint density at radius 3 is 2.38 bits per heavy atom. The first-order chi connectivity index (χ1) is 11.8. The standard InChI is InChI=1S/C17H19N5O2.2ClH/c1-24-13-4-2-12(3-5-13)21-8-6-19-16(21)17-20-7-9-22(17)14-10-18-11-15(14)23;;/h2-9,14-15,18,23H,10-11H2,1H3;2*1H/t14-,15+;;/m1../s1. The molecule has 3 heterocycles. The Balaban J connectivity index is 0.00000121. The minimum atomic E-state index is -0.428. The van der Waals surface area contributed by atoms with Gasteiger partial charge in [-0.05, 0) is 24.3 Å². The van der Waals surface area contributed by atoms with Gasteiger partial charge in [0.2, 0.25) is 0 Å². The number of halogens is 2. The number of nitrogens with zero attached hydrogens (tertiary/aromatic N) is 4. The number of benzene rings is 1. The van der Waals surface area contributed by atoms with E-state index in [0.29, 0.717) is 13.1 Å². The number of aliphatic hydroxyl groups excluding tert-OH is 1. The van der Waals surface area contributed by atoms with Crippen LogP contribution in [0.3, 0.4) is 0 Å². The van der Waals surface area contributed by atoms with E-state index in [1.165, 1.54) is 0 Å². The number of ether oxygens (including phenoxy) is 1. The van der Waals surface area contributed by atoms with Gasteiger partial charge >= 0.3 is 0 Å². The summed E-state index contributed by atoms with van der Waals surface area (Å²) in [5, 5.41) is 13.4. The Morgan fingerprint density at radius 1 is 1.04 bits per heavy atom. The van der Waals surface area contributed by atoms with E-state index in [0.717, 1.165) is 23.1 Å². The first kappa shape index (κ1) is 20.3. The summed E-state index contributed by atoms with van der Waals surface area (Å²) in [6.07, 6.45) is 6.86. The van der Waals surface area contributed by atoms with Crippen LogP contribution in [0.5, 0.6) is 5.75 Å². The van der Waals surface area contributed by atoms with Crippen molar-refractivity contribution in [3.63, 3.8) is 0 Å². The summed E-state index contributed by atoms with van der Waals surface area (Å²) in [4.78, 5) is 8.95. The van der Waals surface area contributed by atoms with Gasteiger partial charge in [0.15, 0.2) is 11.6 Å². The maximum Gasteiger partial charge on any atom is 0.181 e. The van der Waals surface area contributed by atoms with Crippen LogP contribution < -0.4 is 10.1 Å². The van der Waals surface area contributed by atoms with E-state index >= 15 is 0 Å². The van der Waals surface area contributed by atoms with E-state index < -0.39 is 6.10 Å².